The van der Waals surface area contributed by atoms with Gasteiger partial charge in [0.1, 0.15) is 5.75 Å². The molecule has 1 atom stereocenters. The number of rotatable bonds is 1. The summed E-state index contributed by atoms with van der Waals surface area (Å²) < 4.78 is 4.83. The van der Waals surface area contributed by atoms with Crippen LogP contribution in [-0.2, 0) is 16.5 Å². The Morgan fingerprint density at radius 2 is 1.60 bits per heavy atom. The van der Waals surface area contributed by atoms with E-state index in [1.165, 1.54) is 0 Å². The van der Waals surface area contributed by atoms with Gasteiger partial charge in [-0.15, -0.1) is 0 Å². The third-order valence-corrected chi connectivity index (χ3v) is 1.15. The predicted molar refractivity (Wildman–Crippen MR) is 42.5 cm³/mol. The van der Waals surface area contributed by atoms with Gasteiger partial charge in [0.15, 0.2) is 0 Å². The molecule has 1 aromatic carbocycles. The minimum atomic E-state index is 0. The zero-order valence-corrected chi connectivity index (χ0v) is 9.83. The van der Waals surface area contributed by atoms with Crippen molar-refractivity contribution in [2.45, 2.75) is 0 Å². The van der Waals surface area contributed by atoms with Gasteiger partial charge in [-0.3, -0.25) is 0 Å². The Kier molecular flexibility index (Phi) is 10.9. The summed E-state index contributed by atoms with van der Waals surface area (Å²) in [4.78, 5) is 0. The molecule has 10 heavy (non-hydrogen) atoms. The van der Waals surface area contributed by atoms with E-state index in [1.807, 2.05) is 30.3 Å². The largest absolute Gasteiger partial charge is 0.480 e. The molecule has 1 unspecified atom stereocenters. The standard InChI is InChI=1S/C6H7OP.Na.Ni/c8-7-6-4-2-1-3-5-6;;/h1-5H,8H2;;. The molecule has 0 N–H and O–H groups in total. The van der Waals surface area contributed by atoms with Crippen molar-refractivity contribution in [2.24, 2.45) is 0 Å². The van der Waals surface area contributed by atoms with Crippen LogP contribution in [0.2, 0.25) is 0 Å². The van der Waals surface area contributed by atoms with E-state index >= 15 is 0 Å². The maximum absolute atomic E-state index is 4.83. The van der Waals surface area contributed by atoms with Crippen molar-refractivity contribution < 1.29 is 21.0 Å². The molecule has 0 aliphatic heterocycles. The Morgan fingerprint density at radius 1 is 1.10 bits per heavy atom. The second-order valence-corrected chi connectivity index (χ2v) is 1.67. The van der Waals surface area contributed by atoms with Gasteiger partial charge in [0.05, 0.1) is 9.47 Å². The van der Waals surface area contributed by atoms with Gasteiger partial charge in [0.25, 0.3) is 0 Å². The number of para-hydroxylation sites is 1. The fraction of sp³-hybridized carbons (Fsp3) is 0. The molecule has 0 saturated heterocycles. The van der Waals surface area contributed by atoms with Gasteiger partial charge < -0.3 is 4.52 Å². The first-order valence-corrected chi connectivity index (χ1v) is 2.82. The molecular formula is C6H7NaNiOP. The molecule has 0 amide bonds. The quantitative estimate of drug-likeness (QED) is 0.501. The van der Waals surface area contributed by atoms with Crippen LogP contribution in [-0.4, -0.2) is 29.6 Å². The molecule has 0 heterocycles. The molecule has 53 valence electrons. The average molecular weight is 208 g/mol. The molecule has 1 nitrogen and oxygen atoms in total. The van der Waals surface area contributed by atoms with E-state index in [0.29, 0.717) is 0 Å². The SMILES string of the molecule is POc1ccccc1.[Na].[Ni]. The average Bonchev–Trinajstić information content (AvgIpc) is 1.90. The monoisotopic (exact) mass is 207 g/mol. The van der Waals surface area contributed by atoms with Crippen LogP contribution in [0.15, 0.2) is 30.3 Å². The van der Waals surface area contributed by atoms with Gasteiger partial charge in [-0.05, 0) is 12.1 Å². The third-order valence-electron chi connectivity index (χ3n) is 0.879. The molecule has 4 heteroatoms. The Bertz CT molecular complexity index is 159. The Labute approximate surface area is 95.4 Å². The molecule has 1 aromatic rings. The second-order valence-electron chi connectivity index (χ2n) is 1.43. The van der Waals surface area contributed by atoms with Crippen molar-refractivity contribution in [3.63, 3.8) is 0 Å². The first-order valence-electron chi connectivity index (χ1n) is 2.35. The smallest absolute Gasteiger partial charge is 0.122 e. The van der Waals surface area contributed by atoms with Crippen LogP contribution in [0, 0.1) is 0 Å². The minimum absolute atomic E-state index is 0. The molecule has 0 saturated carbocycles. The zero-order valence-electron chi connectivity index (χ0n) is 5.69. The van der Waals surface area contributed by atoms with E-state index in [2.05, 4.69) is 9.47 Å². The van der Waals surface area contributed by atoms with E-state index in [-0.39, 0.29) is 46.0 Å². The van der Waals surface area contributed by atoms with Crippen LogP contribution in [0.25, 0.3) is 0 Å². The summed E-state index contributed by atoms with van der Waals surface area (Å²) in [5.74, 6) is 0.873. The topological polar surface area (TPSA) is 9.23 Å². The minimum Gasteiger partial charge on any atom is -0.480 e. The Balaban J connectivity index is 0. The normalized spacial score (nSPS) is 6.90. The maximum Gasteiger partial charge on any atom is 0.122 e. The van der Waals surface area contributed by atoms with Crippen LogP contribution in [0.3, 0.4) is 0 Å². The van der Waals surface area contributed by atoms with E-state index in [9.17, 15) is 0 Å². The van der Waals surface area contributed by atoms with Gasteiger partial charge in [-0.2, -0.15) is 0 Å². The molecule has 0 bridgehead atoms. The fourth-order valence-electron chi connectivity index (χ4n) is 0.499. The first-order chi connectivity index (χ1) is 3.93. The summed E-state index contributed by atoms with van der Waals surface area (Å²) in [5.41, 5.74) is 0. The van der Waals surface area contributed by atoms with Crippen molar-refractivity contribution in [3.8, 4) is 5.75 Å². The Hall–Kier alpha value is 0.944. The van der Waals surface area contributed by atoms with Gasteiger partial charge in [-0.1, -0.05) is 18.2 Å². The van der Waals surface area contributed by atoms with E-state index in [0.717, 1.165) is 5.75 Å². The van der Waals surface area contributed by atoms with E-state index in [4.69, 9.17) is 4.52 Å². The van der Waals surface area contributed by atoms with Crippen molar-refractivity contribution in [1.82, 2.24) is 0 Å². The van der Waals surface area contributed by atoms with Gasteiger partial charge in [0.2, 0.25) is 0 Å². The van der Waals surface area contributed by atoms with Crippen LogP contribution in [0.5, 0.6) is 5.75 Å². The van der Waals surface area contributed by atoms with Crippen molar-refractivity contribution in [2.75, 3.05) is 0 Å². The molecule has 0 aromatic heterocycles. The summed E-state index contributed by atoms with van der Waals surface area (Å²) in [5, 5.41) is 0. The molecular weight excluding hydrogens is 201 g/mol. The van der Waals surface area contributed by atoms with Crippen LogP contribution in [0.4, 0.5) is 0 Å². The van der Waals surface area contributed by atoms with Gasteiger partial charge in [-0.25, -0.2) is 0 Å². The maximum atomic E-state index is 4.83. The summed E-state index contributed by atoms with van der Waals surface area (Å²) in [6.07, 6.45) is 0. The van der Waals surface area contributed by atoms with Crippen LogP contribution >= 0.6 is 9.47 Å². The molecule has 1 radical (unpaired) electrons. The van der Waals surface area contributed by atoms with Crippen molar-refractivity contribution >= 4 is 39.0 Å². The molecule has 1 rings (SSSR count). The summed E-state index contributed by atoms with van der Waals surface area (Å²) in [6, 6.07) is 9.60. The number of benzene rings is 1. The molecule has 0 aliphatic rings. The summed E-state index contributed by atoms with van der Waals surface area (Å²) >= 11 is 0. The second kappa shape index (κ2) is 8.04. The predicted octanol–water partition coefficient (Wildman–Crippen LogP) is 1.47. The molecule has 0 spiro atoms. The Morgan fingerprint density at radius 3 is 1.90 bits per heavy atom. The van der Waals surface area contributed by atoms with Crippen molar-refractivity contribution in [1.29, 1.82) is 0 Å². The van der Waals surface area contributed by atoms with E-state index in [1.54, 1.807) is 0 Å². The molecule has 0 fully saturated rings. The first kappa shape index (κ1) is 13.5. The van der Waals surface area contributed by atoms with Crippen LogP contribution in [0.1, 0.15) is 0 Å². The zero-order chi connectivity index (χ0) is 5.82. The third kappa shape index (κ3) is 4.71. The fourth-order valence-corrected chi connectivity index (χ4v) is 0.656. The van der Waals surface area contributed by atoms with Gasteiger partial charge >= 0.3 is 0 Å². The van der Waals surface area contributed by atoms with Crippen LogP contribution < -0.4 is 4.52 Å². The van der Waals surface area contributed by atoms with Gasteiger partial charge in [0, 0.05) is 46.0 Å². The van der Waals surface area contributed by atoms with Crippen molar-refractivity contribution in [3.05, 3.63) is 30.3 Å². The van der Waals surface area contributed by atoms with E-state index < -0.39 is 0 Å². The molecule has 0 aliphatic carbocycles. The summed E-state index contributed by atoms with van der Waals surface area (Å²) in [7, 11) is 2.19. The summed E-state index contributed by atoms with van der Waals surface area (Å²) in [6.45, 7) is 0. The number of hydrogen-bond acceptors (Lipinski definition) is 1. The number of hydrogen-bond donors (Lipinski definition) is 0.